The maximum absolute atomic E-state index is 11.6. The Morgan fingerprint density at radius 2 is 1.95 bits per heavy atom. The summed E-state index contributed by atoms with van der Waals surface area (Å²) < 4.78 is 5.18. The smallest absolute Gasteiger partial charge is 0.321 e. The Morgan fingerprint density at radius 1 is 1.26 bits per heavy atom. The predicted molar refractivity (Wildman–Crippen MR) is 66.6 cm³/mol. The van der Waals surface area contributed by atoms with Crippen molar-refractivity contribution in [2.24, 2.45) is 0 Å². The lowest BCUT2D eigenvalue weighted by Gasteiger charge is -2.23. The van der Waals surface area contributed by atoms with E-state index in [0.717, 1.165) is 0 Å². The van der Waals surface area contributed by atoms with E-state index in [1.54, 1.807) is 0 Å². The second-order valence-electron chi connectivity index (χ2n) is 4.97. The minimum Gasteiger partial charge on any atom is -0.481 e. The molecule has 3 amide bonds. The van der Waals surface area contributed by atoms with Gasteiger partial charge < -0.3 is 15.2 Å². The van der Waals surface area contributed by atoms with E-state index in [4.69, 9.17) is 9.84 Å². The first-order valence-corrected chi connectivity index (χ1v) is 6.33. The van der Waals surface area contributed by atoms with E-state index in [9.17, 15) is 14.4 Å². The highest BCUT2D eigenvalue weighted by atomic mass is 16.5. The van der Waals surface area contributed by atoms with Crippen LogP contribution in [-0.2, 0) is 14.3 Å². The minimum absolute atomic E-state index is 0.0366. The number of nitrogens with one attached hydrogen (secondary N) is 2. The van der Waals surface area contributed by atoms with E-state index in [0.29, 0.717) is 32.5 Å². The Hall–Kier alpha value is -1.63. The molecule has 1 atom stereocenters. The number of ether oxygens (including phenoxy) is 1. The van der Waals surface area contributed by atoms with Crippen LogP contribution in [0.5, 0.6) is 0 Å². The number of amides is 3. The quantitative estimate of drug-likeness (QED) is 0.615. The molecule has 1 saturated heterocycles. The standard InChI is InChI=1S/C12H20N2O5/c1-12(6-7-19-8-12)14-11(18)13-9(15)4-2-3-5-10(16)17/h2-8H2,1H3,(H,16,17)(H2,13,14,15,18). The number of carbonyl (C=O) groups is 3. The molecule has 0 saturated carbocycles. The molecule has 19 heavy (non-hydrogen) atoms. The van der Waals surface area contributed by atoms with Crippen LogP contribution in [0.2, 0.25) is 0 Å². The van der Waals surface area contributed by atoms with Crippen LogP contribution in [0.1, 0.15) is 39.0 Å². The molecular weight excluding hydrogens is 252 g/mol. The van der Waals surface area contributed by atoms with Crippen molar-refractivity contribution < 1.29 is 24.2 Å². The third-order valence-corrected chi connectivity index (χ3v) is 2.93. The number of hydrogen-bond acceptors (Lipinski definition) is 4. The van der Waals surface area contributed by atoms with Gasteiger partial charge in [-0.1, -0.05) is 0 Å². The van der Waals surface area contributed by atoms with Crippen LogP contribution in [0.3, 0.4) is 0 Å². The van der Waals surface area contributed by atoms with Crippen molar-refractivity contribution >= 4 is 17.9 Å². The molecule has 7 heteroatoms. The number of hydrogen-bond donors (Lipinski definition) is 3. The number of urea groups is 1. The molecule has 1 fully saturated rings. The van der Waals surface area contributed by atoms with Gasteiger partial charge in [-0.05, 0) is 26.2 Å². The van der Waals surface area contributed by atoms with Crippen molar-refractivity contribution in [3.05, 3.63) is 0 Å². The Kier molecular flexibility index (Phi) is 5.75. The van der Waals surface area contributed by atoms with Crippen molar-refractivity contribution in [1.82, 2.24) is 10.6 Å². The Labute approximate surface area is 111 Å². The van der Waals surface area contributed by atoms with Crippen LogP contribution < -0.4 is 10.6 Å². The molecular formula is C12H20N2O5. The number of carboxylic acid groups (broad SMARTS) is 1. The van der Waals surface area contributed by atoms with Crippen molar-refractivity contribution in [3.63, 3.8) is 0 Å². The van der Waals surface area contributed by atoms with Crippen molar-refractivity contribution in [2.45, 2.75) is 44.6 Å². The summed E-state index contributed by atoms with van der Waals surface area (Å²) in [5, 5.41) is 13.4. The van der Waals surface area contributed by atoms with Crippen LogP contribution in [-0.4, -0.2) is 41.8 Å². The Balaban J connectivity index is 2.17. The Bertz CT molecular complexity index is 350. The first-order chi connectivity index (χ1) is 8.91. The Morgan fingerprint density at radius 3 is 2.53 bits per heavy atom. The van der Waals surface area contributed by atoms with Gasteiger partial charge in [0.2, 0.25) is 5.91 Å². The van der Waals surface area contributed by atoms with E-state index >= 15 is 0 Å². The van der Waals surface area contributed by atoms with Gasteiger partial charge >= 0.3 is 12.0 Å². The summed E-state index contributed by atoms with van der Waals surface area (Å²) in [5.41, 5.74) is -0.423. The van der Waals surface area contributed by atoms with E-state index < -0.39 is 23.4 Å². The summed E-state index contributed by atoms with van der Waals surface area (Å²) in [6.07, 6.45) is 1.78. The fourth-order valence-corrected chi connectivity index (χ4v) is 1.82. The monoisotopic (exact) mass is 272 g/mol. The number of rotatable bonds is 6. The summed E-state index contributed by atoms with van der Waals surface area (Å²) in [5.74, 6) is -1.28. The molecule has 1 aliphatic heterocycles. The zero-order valence-corrected chi connectivity index (χ0v) is 11.0. The highest BCUT2D eigenvalue weighted by Gasteiger charge is 2.31. The molecule has 7 nitrogen and oxygen atoms in total. The highest BCUT2D eigenvalue weighted by molar-refractivity contribution is 5.94. The molecule has 0 aliphatic carbocycles. The number of aliphatic carboxylic acids is 1. The molecule has 0 aromatic rings. The summed E-state index contributed by atoms with van der Waals surface area (Å²) in [7, 11) is 0. The summed E-state index contributed by atoms with van der Waals surface area (Å²) in [6.45, 7) is 2.89. The zero-order chi connectivity index (χ0) is 14.3. The molecule has 1 heterocycles. The number of carboxylic acids is 1. The zero-order valence-electron chi connectivity index (χ0n) is 11.0. The normalized spacial score (nSPS) is 21.9. The molecule has 0 aromatic carbocycles. The molecule has 0 radical (unpaired) electrons. The van der Waals surface area contributed by atoms with Gasteiger partial charge in [-0.2, -0.15) is 0 Å². The van der Waals surface area contributed by atoms with E-state index in [1.165, 1.54) is 0 Å². The van der Waals surface area contributed by atoms with Crippen molar-refractivity contribution in [3.8, 4) is 0 Å². The fraction of sp³-hybridized carbons (Fsp3) is 0.750. The molecule has 0 bridgehead atoms. The minimum atomic E-state index is -0.882. The van der Waals surface area contributed by atoms with Crippen LogP contribution in [0.15, 0.2) is 0 Å². The lowest BCUT2D eigenvalue weighted by molar-refractivity contribution is -0.137. The molecule has 1 aliphatic rings. The lowest BCUT2D eigenvalue weighted by atomic mass is 10.0. The van der Waals surface area contributed by atoms with Gasteiger partial charge in [-0.25, -0.2) is 4.79 Å². The molecule has 3 N–H and O–H groups in total. The predicted octanol–water partition coefficient (Wildman–Crippen LogP) is 0.636. The second kappa shape index (κ2) is 7.08. The first kappa shape index (κ1) is 15.4. The third kappa shape index (κ3) is 6.19. The molecule has 1 unspecified atom stereocenters. The maximum Gasteiger partial charge on any atom is 0.321 e. The number of imide groups is 1. The van der Waals surface area contributed by atoms with Crippen molar-refractivity contribution in [2.75, 3.05) is 13.2 Å². The molecule has 1 rings (SSSR count). The topological polar surface area (TPSA) is 105 Å². The maximum atomic E-state index is 11.6. The van der Waals surface area contributed by atoms with E-state index in [1.807, 2.05) is 6.92 Å². The number of carbonyl (C=O) groups excluding carboxylic acids is 2. The van der Waals surface area contributed by atoms with Crippen molar-refractivity contribution in [1.29, 1.82) is 0 Å². The van der Waals surface area contributed by atoms with Gasteiger partial charge in [0.05, 0.1) is 12.1 Å². The van der Waals surface area contributed by atoms with Crippen LogP contribution in [0.4, 0.5) is 4.79 Å². The first-order valence-electron chi connectivity index (χ1n) is 6.33. The van der Waals surface area contributed by atoms with Gasteiger partial charge in [-0.15, -0.1) is 0 Å². The largest absolute Gasteiger partial charge is 0.481 e. The van der Waals surface area contributed by atoms with Gasteiger partial charge in [0.25, 0.3) is 0 Å². The summed E-state index contributed by atoms with van der Waals surface area (Å²) in [6, 6.07) is -0.531. The average molecular weight is 272 g/mol. The van der Waals surface area contributed by atoms with Gasteiger partial charge in [0.15, 0.2) is 0 Å². The van der Waals surface area contributed by atoms with Crippen LogP contribution >= 0.6 is 0 Å². The third-order valence-electron chi connectivity index (χ3n) is 2.93. The van der Waals surface area contributed by atoms with Crippen LogP contribution in [0.25, 0.3) is 0 Å². The fourth-order valence-electron chi connectivity index (χ4n) is 1.82. The van der Waals surface area contributed by atoms with E-state index in [2.05, 4.69) is 10.6 Å². The van der Waals surface area contributed by atoms with Gasteiger partial charge in [-0.3, -0.25) is 14.9 Å². The second-order valence-corrected chi connectivity index (χ2v) is 4.97. The number of unbranched alkanes of at least 4 members (excludes halogenated alkanes) is 1. The highest BCUT2D eigenvalue weighted by Crippen LogP contribution is 2.16. The van der Waals surface area contributed by atoms with Crippen LogP contribution in [0, 0.1) is 0 Å². The molecule has 0 spiro atoms. The van der Waals surface area contributed by atoms with E-state index in [-0.39, 0.29) is 12.8 Å². The molecule has 108 valence electrons. The summed E-state index contributed by atoms with van der Waals surface area (Å²) >= 11 is 0. The summed E-state index contributed by atoms with van der Waals surface area (Å²) in [4.78, 5) is 33.3. The molecule has 0 aromatic heterocycles. The lowest BCUT2D eigenvalue weighted by Crippen LogP contribution is -2.51. The average Bonchev–Trinajstić information content (AvgIpc) is 2.70. The van der Waals surface area contributed by atoms with Gasteiger partial charge in [0.1, 0.15) is 0 Å². The SMILES string of the molecule is CC1(NC(=O)NC(=O)CCCCC(=O)O)CCOC1. The van der Waals surface area contributed by atoms with Gasteiger partial charge in [0, 0.05) is 19.4 Å².